The van der Waals surface area contributed by atoms with Gasteiger partial charge in [-0.15, -0.1) is 0 Å². The Balaban J connectivity index is 2.21. The molecule has 1 amide bonds. The Kier molecular flexibility index (Phi) is 4.06. The maximum absolute atomic E-state index is 12.0. The van der Waals surface area contributed by atoms with Gasteiger partial charge < -0.3 is 10.4 Å². The third-order valence-corrected chi connectivity index (χ3v) is 3.00. The van der Waals surface area contributed by atoms with Crippen molar-refractivity contribution in [2.45, 2.75) is 19.9 Å². The molecule has 2 rings (SSSR count). The van der Waals surface area contributed by atoms with Gasteiger partial charge in [-0.3, -0.25) is 9.78 Å². The van der Waals surface area contributed by atoms with Crippen LogP contribution in [0.15, 0.2) is 30.5 Å². The van der Waals surface area contributed by atoms with Crippen LogP contribution in [-0.2, 0) is 0 Å². The number of rotatable bonds is 4. The summed E-state index contributed by atoms with van der Waals surface area (Å²) >= 11 is 0. The highest BCUT2D eigenvalue weighted by molar-refractivity contribution is 5.93. The van der Waals surface area contributed by atoms with Gasteiger partial charge >= 0.3 is 0 Å². The van der Waals surface area contributed by atoms with E-state index in [2.05, 4.69) is 15.3 Å². The molecule has 2 aromatic rings. The SMILES string of the molecule is CC(C)C(CO)NC(=O)c1cnc2ccccc2n1. The van der Waals surface area contributed by atoms with Gasteiger partial charge in [0.1, 0.15) is 5.69 Å². The van der Waals surface area contributed by atoms with Crippen LogP contribution in [0.25, 0.3) is 11.0 Å². The third kappa shape index (κ3) is 3.06. The minimum Gasteiger partial charge on any atom is -0.394 e. The number of amides is 1. The van der Waals surface area contributed by atoms with Gasteiger partial charge in [-0.1, -0.05) is 26.0 Å². The van der Waals surface area contributed by atoms with Crippen molar-refractivity contribution in [1.82, 2.24) is 15.3 Å². The Labute approximate surface area is 111 Å². The summed E-state index contributed by atoms with van der Waals surface area (Å²) in [6.45, 7) is 3.78. The average Bonchev–Trinajstić information content (AvgIpc) is 2.43. The molecule has 0 saturated carbocycles. The summed E-state index contributed by atoms with van der Waals surface area (Å²) in [6, 6.07) is 7.10. The summed E-state index contributed by atoms with van der Waals surface area (Å²) in [7, 11) is 0. The Morgan fingerprint density at radius 2 is 2.00 bits per heavy atom. The van der Waals surface area contributed by atoms with Crippen LogP contribution in [0.3, 0.4) is 0 Å². The normalized spacial score (nSPS) is 12.6. The van der Waals surface area contributed by atoms with Gasteiger partial charge in [-0.05, 0) is 18.1 Å². The summed E-state index contributed by atoms with van der Waals surface area (Å²) in [5, 5.41) is 12.0. The maximum Gasteiger partial charge on any atom is 0.271 e. The average molecular weight is 259 g/mol. The minimum atomic E-state index is -0.314. The molecule has 5 heteroatoms. The second-order valence-electron chi connectivity index (χ2n) is 4.75. The Hall–Kier alpha value is -2.01. The predicted octanol–water partition coefficient (Wildman–Crippen LogP) is 1.38. The van der Waals surface area contributed by atoms with Crippen molar-refractivity contribution in [2.75, 3.05) is 6.61 Å². The number of hydrogen-bond donors (Lipinski definition) is 2. The summed E-state index contributed by atoms with van der Waals surface area (Å²) < 4.78 is 0. The number of carbonyl (C=O) groups excluding carboxylic acids is 1. The molecular weight excluding hydrogens is 242 g/mol. The largest absolute Gasteiger partial charge is 0.394 e. The molecule has 100 valence electrons. The van der Waals surface area contributed by atoms with Crippen molar-refractivity contribution < 1.29 is 9.90 Å². The Morgan fingerprint density at radius 3 is 2.63 bits per heavy atom. The van der Waals surface area contributed by atoms with E-state index in [0.717, 1.165) is 5.52 Å². The number of benzene rings is 1. The first-order valence-corrected chi connectivity index (χ1v) is 6.25. The molecule has 1 aromatic carbocycles. The summed E-state index contributed by atoms with van der Waals surface area (Å²) in [6.07, 6.45) is 1.45. The molecule has 19 heavy (non-hydrogen) atoms. The zero-order valence-corrected chi connectivity index (χ0v) is 11.0. The first-order valence-electron chi connectivity index (χ1n) is 6.25. The molecule has 1 unspecified atom stereocenters. The molecule has 0 fully saturated rings. The number of aromatic nitrogens is 2. The van der Waals surface area contributed by atoms with E-state index >= 15 is 0 Å². The zero-order chi connectivity index (χ0) is 13.8. The Bertz CT molecular complexity index is 584. The van der Waals surface area contributed by atoms with E-state index in [-0.39, 0.29) is 30.2 Å². The van der Waals surface area contributed by atoms with Crippen LogP contribution in [-0.4, -0.2) is 33.6 Å². The molecule has 0 aliphatic heterocycles. The molecule has 0 aliphatic rings. The zero-order valence-electron chi connectivity index (χ0n) is 11.0. The summed E-state index contributed by atoms with van der Waals surface area (Å²) in [4.78, 5) is 20.5. The van der Waals surface area contributed by atoms with Crippen LogP contribution < -0.4 is 5.32 Å². The fourth-order valence-corrected chi connectivity index (χ4v) is 1.73. The predicted molar refractivity (Wildman–Crippen MR) is 72.7 cm³/mol. The van der Waals surface area contributed by atoms with Gasteiger partial charge in [0.2, 0.25) is 0 Å². The highest BCUT2D eigenvalue weighted by Crippen LogP contribution is 2.09. The van der Waals surface area contributed by atoms with Gasteiger partial charge in [0.15, 0.2) is 0 Å². The van der Waals surface area contributed by atoms with Crippen LogP contribution in [0.1, 0.15) is 24.3 Å². The molecule has 0 saturated heterocycles. The molecule has 1 aromatic heterocycles. The second-order valence-corrected chi connectivity index (χ2v) is 4.75. The lowest BCUT2D eigenvalue weighted by molar-refractivity contribution is 0.0892. The monoisotopic (exact) mass is 259 g/mol. The third-order valence-electron chi connectivity index (χ3n) is 3.00. The minimum absolute atomic E-state index is 0.0928. The van der Waals surface area contributed by atoms with E-state index in [4.69, 9.17) is 0 Å². The number of nitrogens with zero attached hydrogens (tertiary/aromatic N) is 2. The number of aliphatic hydroxyl groups excluding tert-OH is 1. The molecule has 0 radical (unpaired) electrons. The van der Waals surface area contributed by atoms with Crippen molar-refractivity contribution >= 4 is 16.9 Å². The summed E-state index contributed by atoms with van der Waals surface area (Å²) in [5.74, 6) is -0.159. The van der Waals surface area contributed by atoms with Crippen LogP contribution >= 0.6 is 0 Å². The van der Waals surface area contributed by atoms with E-state index in [1.54, 1.807) is 0 Å². The van der Waals surface area contributed by atoms with Crippen LogP contribution in [0, 0.1) is 5.92 Å². The van der Waals surface area contributed by atoms with Crippen molar-refractivity contribution in [3.8, 4) is 0 Å². The van der Waals surface area contributed by atoms with Crippen molar-refractivity contribution in [1.29, 1.82) is 0 Å². The van der Waals surface area contributed by atoms with Crippen molar-refractivity contribution in [2.24, 2.45) is 5.92 Å². The lowest BCUT2D eigenvalue weighted by Gasteiger charge is -2.19. The van der Waals surface area contributed by atoms with E-state index in [0.29, 0.717) is 5.52 Å². The molecule has 1 atom stereocenters. The highest BCUT2D eigenvalue weighted by Gasteiger charge is 2.17. The quantitative estimate of drug-likeness (QED) is 0.869. The first kappa shape index (κ1) is 13.4. The van der Waals surface area contributed by atoms with E-state index in [1.165, 1.54) is 6.20 Å². The van der Waals surface area contributed by atoms with Crippen molar-refractivity contribution in [3.63, 3.8) is 0 Å². The second kappa shape index (κ2) is 5.75. The number of para-hydroxylation sites is 2. The maximum atomic E-state index is 12.0. The molecule has 0 bridgehead atoms. The number of hydrogen-bond acceptors (Lipinski definition) is 4. The van der Waals surface area contributed by atoms with Crippen LogP contribution in [0.2, 0.25) is 0 Å². The van der Waals surface area contributed by atoms with E-state index in [1.807, 2.05) is 38.1 Å². The molecule has 5 nitrogen and oxygen atoms in total. The fraction of sp³-hybridized carbons (Fsp3) is 0.357. The topological polar surface area (TPSA) is 75.1 Å². The highest BCUT2D eigenvalue weighted by atomic mass is 16.3. The van der Waals surface area contributed by atoms with Gasteiger partial charge in [-0.2, -0.15) is 0 Å². The molecule has 1 heterocycles. The van der Waals surface area contributed by atoms with Gasteiger partial charge in [0.25, 0.3) is 5.91 Å². The molecular formula is C14H17N3O2. The number of aliphatic hydroxyl groups is 1. The van der Waals surface area contributed by atoms with Gasteiger partial charge in [0.05, 0.1) is 29.9 Å². The smallest absolute Gasteiger partial charge is 0.271 e. The fourth-order valence-electron chi connectivity index (χ4n) is 1.73. The lowest BCUT2D eigenvalue weighted by atomic mass is 10.1. The first-order chi connectivity index (χ1) is 9.11. The lowest BCUT2D eigenvalue weighted by Crippen LogP contribution is -2.41. The number of nitrogens with one attached hydrogen (secondary N) is 1. The number of fused-ring (bicyclic) bond motifs is 1. The summed E-state index contributed by atoms with van der Waals surface area (Å²) in [5.41, 5.74) is 1.69. The van der Waals surface area contributed by atoms with Crippen LogP contribution in [0.4, 0.5) is 0 Å². The van der Waals surface area contributed by atoms with Gasteiger partial charge in [-0.25, -0.2) is 4.98 Å². The molecule has 2 N–H and O–H groups in total. The van der Waals surface area contributed by atoms with Gasteiger partial charge in [0, 0.05) is 0 Å². The van der Waals surface area contributed by atoms with E-state index in [9.17, 15) is 9.90 Å². The van der Waals surface area contributed by atoms with E-state index < -0.39 is 0 Å². The van der Waals surface area contributed by atoms with Crippen LogP contribution in [0.5, 0.6) is 0 Å². The molecule has 0 aliphatic carbocycles. The van der Waals surface area contributed by atoms with Crippen molar-refractivity contribution in [3.05, 3.63) is 36.2 Å². The Morgan fingerprint density at radius 1 is 1.32 bits per heavy atom. The molecule has 0 spiro atoms. The number of carbonyl (C=O) groups is 1. The standard InChI is InChI=1S/C14H17N3O2/c1-9(2)13(8-18)17-14(19)12-7-15-10-5-3-4-6-11(10)16-12/h3-7,9,13,18H,8H2,1-2H3,(H,17,19).